The molecule has 0 N–H and O–H groups in total. The number of ketones is 1. The van der Waals surface area contributed by atoms with Crippen LogP contribution in [0.4, 0.5) is 0 Å². The summed E-state index contributed by atoms with van der Waals surface area (Å²) >= 11 is 1.77. The number of esters is 1. The lowest BCUT2D eigenvalue weighted by Gasteiger charge is -2.40. The third kappa shape index (κ3) is 9.21. The Labute approximate surface area is 289 Å². The van der Waals surface area contributed by atoms with E-state index in [-0.39, 0.29) is 45.9 Å². The van der Waals surface area contributed by atoms with Gasteiger partial charge in [0.15, 0.2) is 16.6 Å². The highest BCUT2D eigenvalue weighted by Crippen LogP contribution is 2.43. The average molecular weight is 693 g/mol. The lowest BCUT2D eigenvalue weighted by molar-refractivity contribution is -0.121. The van der Waals surface area contributed by atoms with Crippen LogP contribution in [0.1, 0.15) is 75.9 Å². The van der Waals surface area contributed by atoms with Crippen molar-refractivity contribution in [2.24, 2.45) is 11.8 Å². The van der Waals surface area contributed by atoms with Gasteiger partial charge in [-0.2, -0.15) is 0 Å². The SMILES string of the molecule is COC(=O)c1ccc(CC[C@H]2C(=O)C[C@@H](O[Si](C)(C)C(C)(C)C)[C@@H]2/C=C/C(Cc2ccc3ccsc3c2)O[Si](C)(C)C(C)(C)C)cc1. The zero-order valence-electron chi connectivity index (χ0n) is 30.4. The molecule has 4 rings (SSSR count). The molecule has 0 bridgehead atoms. The van der Waals surface area contributed by atoms with Crippen LogP contribution in [0.25, 0.3) is 10.1 Å². The number of benzene rings is 2. The van der Waals surface area contributed by atoms with Crippen molar-refractivity contribution < 1.29 is 23.2 Å². The fourth-order valence-corrected chi connectivity index (χ4v) is 9.28. The van der Waals surface area contributed by atoms with Gasteiger partial charge in [0.25, 0.3) is 0 Å². The maximum Gasteiger partial charge on any atom is 0.337 e. The molecule has 5 nitrogen and oxygen atoms in total. The quantitative estimate of drug-likeness (QED) is 0.107. The number of Topliss-reactive ketones (excluding diaryl/α,β-unsaturated/α-hetero) is 1. The number of fused-ring (bicyclic) bond motifs is 1. The molecule has 0 amide bonds. The molecule has 0 aliphatic heterocycles. The minimum Gasteiger partial charge on any atom is -0.465 e. The second-order valence-corrected chi connectivity index (χ2v) is 26.8. The van der Waals surface area contributed by atoms with E-state index >= 15 is 0 Å². The molecule has 2 aromatic carbocycles. The Bertz CT molecular complexity index is 1560. The summed E-state index contributed by atoms with van der Waals surface area (Å²) in [6.45, 7) is 22.8. The lowest BCUT2D eigenvalue weighted by atomic mass is 9.88. The molecule has 1 unspecified atom stereocenters. The molecule has 3 aromatic rings. The maximum absolute atomic E-state index is 13.7. The summed E-state index contributed by atoms with van der Waals surface area (Å²) in [6, 6.07) is 16.4. The minimum atomic E-state index is -2.13. The van der Waals surface area contributed by atoms with Crippen molar-refractivity contribution in [3.05, 3.63) is 82.8 Å². The number of aryl methyl sites for hydroxylation is 1. The van der Waals surface area contributed by atoms with Crippen molar-refractivity contribution in [1.82, 2.24) is 0 Å². The summed E-state index contributed by atoms with van der Waals surface area (Å²) in [5.41, 5.74) is 2.89. The molecule has 1 aromatic heterocycles. The first kappa shape index (κ1) is 37.5. The molecule has 0 spiro atoms. The van der Waals surface area contributed by atoms with Gasteiger partial charge in [-0.05, 0) is 95.3 Å². The normalized spacial score (nSPS) is 20.3. The van der Waals surface area contributed by atoms with Crippen molar-refractivity contribution in [3.8, 4) is 0 Å². The predicted molar refractivity (Wildman–Crippen MR) is 202 cm³/mol. The van der Waals surface area contributed by atoms with Gasteiger partial charge in [-0.3, -0.25) is 4.79 Å². The van der Waals surface area contributed by atoms with Gasteiger partial charge in [0.1, 0.15) is 5.78 Å². The zero-order valence-corrected chi connectivity index (χ0v) is 33.3. The number of carbonyl (C=O) groups is 2. The van der Waals surface area contributed by atoms with E-state index in [4.69, 9.17) is 13.6 Å². The molecule has 4 atom stereocenters. The van der Waals surface area contributed by atoms with E-state index in [9.17, 15) is 9.59 Å². The Balaban J connectivity index is 1.65. The number of hydrogen-bond acceptors (Lipinski definition) is 6. The Hall–Kier alpha value is -2.37. The third-order valence-electron chi connectivity index (χ3n) is 10.8. The van der Waals surface area contributed by atoms with Crippen molar-refractivity contribution in [2.75, 3.05) is 7.11 Å². The van der Waals surface area contributed by atoms with E-state index in [1.807, 2.05) is 12.1 Å². The van der Waals surface area contributed by atoms with Crippen LogP contribution in [-0.4, -0.2) is 47.7 Å². The van der Waals surface area contributed by atoms with Crippen LogP contribution >= 0.6 is 11.3 Å². The molecule has 1 aliphatic carbocycles. The average Bonchev–Trinajstić information content (AvgIpc) is 3.56. The number of rotatable bonds is 12. The third-order valence-corrected chi connectivity index (χ3v) is 20.7. The molecule has 0 saturated heterocycles. The van der Waals surface area contributed by atoms with Crippen molar-refractivity contribution in [2.45, 2.75) is 116 Å². The van der Waals surface area contributed by atoms with E-state index in [1.54, 1.807) is 23.5 Å². The molecule has 0 radical (unpaired) electrons. The smallest absolute Gasteiger partial charge is 0.337 e. The van der Waals surface area contributed by atoms with Crippen LogP contribution in [0.3, 0.4) is 0 Å². The summed E-state index contributed by atoms with van der Waals surface area (Å²) in [5.74, 6) is -0.240. The van der Waals surface area contributed by atoms with Crippen molar-refractivity contribution in [3.63, 3.8) is 0 Å². The topological polar surface area (TPSA) is 61.8 Å². The number of thiophene rings is 1. The standard InChI is InChI=1S/C39H56O5SSi2/c1-38(2,3)46(8,9)43-31(24-28-14-16-29-22-23-45-36(29)25-28)19-21-33-32(20-15-27-12-17-30(18-13-27)37(41)42-7)34(40)26-35(33)44-47(10,11)39(4,5)6/h12-14,16-19,21-23,25,31-33,35H,15,20,24,26H2,1-11H3/b21-19+/t31?,32-,33-,35-/m1/s1. The predicted octanol–water partition coefficient (Wildman–Crippen LogP) is 10.4. The summed E-state index contributed by atoms with van der Waals surface area (Å²) in [5, 5.41) is 3.53. The van der Waals surface area contributed by atoms with E-state index in [0.29, 0.717) is 12.0 Å². The highest BCUT2D eigenvalue weighted by atomic mass is 32.1. The van der Waals surface area contributed by atoms with Crippen LogP contribution in [0, 0.1) is 11.8 Å². The second kappa shape index (κ2) is 14.6. The van der Waals surface area contributed by atoms with Crippen LogP contribution in [0.2, 0.25) is 36.3 Å². The first-order valence-electron chi connectivity index (χ1n) is 17.0. The van der Waals surface area contributed by atoms with Gasteiger partial charge in [-0.25, -0.2) is 4.79 Å². The molecular formula is C39H56O5SSi2. The monoisotopic (exact) mass is 692 g/mol. The van der Waals surface area contributed by atoms with Gasteiger partial charge in [-0.15, -0.1) is 11.3 Å². The first-order valence-corrected chi connectivity index (χ1v) is 23.7. The van der Waals surface area contributed by atoms with E-state index < -0.39 is 16.6 Å². The van der Waals surface area contributed by atoms with E-state index in [1.165, 1.54) is 22.8 Å². The summed E-state index contributed by atoms with van der Waals surface area (Å²) in [6.07, 6.45) is 6.97. The van der Waals surface area contributed by atoms with Crippen LogP contribution in [0.5, 0.6) is 0 Å². The largest absolute Gasteiger partial charge is 0.465 e. The molecule has 1 fully saturated rings. The van der Waals surface area contributed by atoms with Gasteiger partial charge in [0.05, 0.1) is 24.9 Å². The lowest BCUT2D eigenvalue weighted by Crippen LogP contribution is -2.45. The van der Waals surface area contributed by atoms with Crippen molar-refractivity contribution >= 4 is 49.8 Å². The number of hydrogen-bond donors (Lipinski definition) is 0. The van der Waals surface area contributed by atoms with E-state index in [0.717, 1.165) is 24.8 Å². The van der Waals surface area contributed by atoms with Gasteiger partial charge >= 0.3 is 5.97 Å². The Morgan fingerprint density at radius 2 is 1.57 bits per heavy atom. The summed E-state index contributed by atoms with van der Waals surface area (Å²) in [4.78, 5) is 25.7. The Kier molecular flexibility index (Phi) is 11.7. The van der Waals surface area contributed by atoms with E-state index in [2.05, 4.69) is 110 Å². The second-order valence-electron chi connectivity index (χ2n) is 16.3. The molecule has 1 saturated carbocycles. The van der Waals surface area contributed by atoms with Crippen molar-refractivity contribution in [1.29, 1.82) is 0 Å². The fourth-order valence-electron chi connectivity index (χ4n) is 5.81. The summed E-state index contributed by atoms with van der Waals surface area (Å²) in [7, 11) is -2.84. The van der Waals surface area contributed by atoms with Crippen LogP contribution in [0.15, 0.2) is 66.1 Å². The van der Waals surface area contributed by atoms with Crippen LogP contribution in [-0.2, 0) is 31.2 Å². The molecule has 47 heavy (non-hydrogen) atoms. The molecular weight excluding hydrogens is 637 g/mol. The number of carbonyl (C=O) groups excluding carboxylic acids is 2. The number of ether oxygens (including phenoxy) is 1. The summed E-state index contributed by atoms with van der Waals surface area (Å²) < 4.78 is 20.2. The number of methoxy groups -OCH3 is 1. The first-order chi connectivity index (χ1) is 21.8. The fraction of sp³-hybridized carbons (Fsp3) is 0.538. The van der Waals surface area contributed by atoms with Crippen LogP contribution < -0.4 is 0 Å². The maximum atomic E-state index is 13.7. The van der Waals surface area contributed by atoms with Gasteiger partial charge < -0.3 is 13.6 Å². The molecule has 1 aliphatic rings. The van der Waals surface area contributed by atoms with Gasteiger partial charge in [-0.1, -0.05) is 78.0 Å². The Morgan fingerprint density at radius 1 is 0.936 bits per heavy atom. The molecule has 8 heteroatoms. The Morgan fingerprint density at radius 3 is 2.19 bits per heavy atom. The highest BCUT2D eigenvalue weighted by Gasteiger charge is 2.47. The molecule has 1 heterocycles. The minimum absolute atomic E-state index is 0.0312. The van der Waals surface area contributed by atoms with Gasteiger partial charge in [0, 0.05) is 29.4 Å². The molecule has 256 valence electrons. The van der Waals surface area contributed by atoms with Gasteiger partial charge in [0.2, 0.25) is 0 Å². The highest BCUT2D eigenvalue weighted by molar-refractivity contribution is 7.17. The zero-order chi connectivity index (χ0) is 34.8.